The van der Waals surface area contributed by atoms with Crippen molar-refractivity contribution in [1.82, 2.24) is 15.5 Å². The summed E-state index contributed by atoms with van der Waals surface area (Å²) in [5, 5.41) is 12.0. The highest BCUT2D eigenvalue weighted by molar-refractivity contribution is 7.14. The van der Waals surface area contributed by atoms with Crippen molar-refractivity contribution in [2.24, 2.45) is 0 Å². The van der Waals surface area contributed by atoms with Gasteiger partial charge in [-0.2, -0.15) is 0 Å². The third-order valence-corrected chi connectivity index (χ3v) is 3.92. The van der Waals surface area contributed by atoms with Crippen molar-refractivity contribution in [3.8, 4) is 10.6 Å². The van der Waals surface area contributed by atoms with Crippen LogP contribution in [0.4, 0.5) is 13.2 Å². The maximum atomic E-state index is 13.7. The van der Waals surface area contributed by atoms with E-state index in [1.165, 1.54) is 6.07 Å². The topological polar surface area (TPSA) is 37.8 Å². The van der Waals surface area contributed by atoms with E-state index in [1.54, 1.807) is 0 Å². The lowest BCUT2D eigenvalue weighted by molar-refractivity contribution is 0.449. The van der Waals surface area contributed by atoms with Crippen molar-refractivity contribution in [1.29, 1.82) is 0 Å². The van der Waals surface area contributed by atoms with Crippen LogP contribution in [0.15, 0.2) is 12.1 Å². The van der Waals surface area contributed by atoms with Crippen LogP contribution in [0, 0.1) is 17.5 Å². The molecule has 3 nitrogen and oxygen atoms in total. The van der Waals surface area contributed by atoms with Crippen LogP contribution in [0.3, 0.4) is 0 Å². The zero-order chi connectivity index (χ0) is 14.7. The summed E-state index contributed by atoms with van der Waals surface area (Å²) in [5.74, 6) is -3.94. The Morgan fingerprint density at radius 3 is 2.65 bits per heavy atom. The third-order valence-electron chi connectivity index (χ3n) is 2.78. The van der Waals surface area contributed by atoms with Crippen LogP contribution in [0.1, 0.15) is 31.3 Å². The Morgan fingerprint density at radius 2 is 1.95 bits per heavy atom. The molecule has 2 rings (SSSR count). The van der Waals surface area contributed by atoms with E-state index in [1.807, 2.05) is 13.8 Å². The number of halogens is 3. The van der Waals surface area contributed by atoms with Gasteiger partial charge >= 0.3 is 0 Å². The van der Waals surface area contributed by atoms with Gasteiger partial charge in [-0.05, 0) is 32.0 Å². The van der Waals surface area contributed by atoms with Crippen molar-refractivity contribution in [3.63, 3.8) is 0 Å². The van der Waals surface area contributed by atoms with Crippen LogP contribution in [-0.4, -0.2) is 16.7 Å². The summed E-state index contributed by atoms with van der Waals surface area (Å²) in [6.07, 6.45) is 0.980. The molecule has 0 aliphatic rings. The Morgan fingerprint density at radius 1 is 1.20 bits per heavy atom. The lowest BCUT2D eigenvalue weighted by Crippen LogP contribution is -2.18. The van der Waals surface area contributed by atoms with E-state index in [4.69, 9.17) is 0 Å². The molecule has 1 unspecified atom stereocenters. The minimum absolute atomic E-state index is 0.0189. The third kappa shape index (κ3) is 2.99. The predicted octanol–water partition coefficient (Wildman–Crippen LogP) is 3.68. The van der Waals surface area contributed by atoms with E-state index in [2.05, 4.69) is 15.5 Å². The van der Waals surface area contributed by atoms with Gasteiger partial charge in [0.25, 0.3) is 0 Å². The number of nitrogens with zero attached hydrogens (tertiary/aromatic N) is 2. The lowest BCUT2D eigenvalue weighted by Gasteiger charge is -2.08. The van der Waals surface area contributed by atoms with Crippen molar-refractivity contribution in [2.75, 3.05) is 6.54 Å². The van der Waals surface area contributed by atoms with Gasteiger partial charge in [0.2, 0.25) is 0 Å². The smallest absolute Gasteiger partial charge is 0.195 e. The molecule has 0 aliphatic carbocycles. The van der Waals surface area contributed by atoms with Gasteiger partial charge in [-0.3, -0.25) is 0 Å². The van der Waals surface area contributed by atoms with Crippen molar-refractivity contribution >= 4 is 11.3 Å². The Hall–Kier alpha value is -1.47. The Labute approximate surface area is 118 Å². The first kappa shape index (κ1) is 14.9. The second kappa shape index (κ2) is 6.32. The standard InChI is InChI=1S/C13H14F3N3S/c1-3-6-17-7(2)12-18-19-13(20-12)8-4-5-9(14)11(16)10(8)15/h4-5,7,17H,3,6H2,1-2H3. The van der Waals surface area contributed by atoms with Gasteiger partial charge in [-0.1, -0.05) is 18.3 Å². The molecule has 1 N–H and O–H groups in total. The molecule has 1 heterocycles. The van der Waals surface area contributed by atoms with Crippen LogP contribution < -0.4 is 5.32 Å². The largest absolute Gasteiger partial charge is 0.308 e. The zero-order valence-corrected chi connectivity index (χ0v) is 11.9. The van der Waals surface area contributed by atoms with Gasteiger partial charge in [-0.15, -0.1) is 10.2 Å². The second-order valence-electron chi connectivity index (χ2n) is 4.34. The Bertz CT molecular complexity index is 601. The van der Waals surface area contributed by atoms with Gasteiger partial charge in [-0.25, -0.2) is 13.2 Å². The molecule has 0 bridgehead atoms. The van der Waals surface area contributed by atoms with Gasteiger partial charge in [0.1, 0.15) is 5.01 Å². The van der Waals surface area contributed by atoms with Crippen molar-refractivity contribution in [2.45, 2.75) is 26.3 Å². The fraction of sp³-hybridized carbons (Fsp3) is 0.385. The van der Waals surface area contributed by atoms with E-state index in [0.29, 0.717) is 5.01 Å². The molecule has 108 valence electrons. The molecule has 1 aromatic carbocycles. The van der Waals surface area contributed by atoms with Gasteiger partial charge in [0, 0.05) is 0 Å². The molecule has 1 aromatic heterocycles. The quantitative estimate of drug-likeness (QED) is 0.856. The van der Waals surface area contributed by atoms with Gasteiger partial charge < -0.3 is 5.32 Å². The highest BCUT2D eigenvalue weighted by atomic mass is 32.1. The first-order valence-corrected chi connectivity index (χ1v) is 7.06. The summed E-state index contributed by atoms with van der Waals surface area (Å²) < 4.78 is 39.8. The van der Waals surface area contributed by atoms with Crippen molar-refractivity contribution < 1.29 is 13.2 Å². The highest BCUT2D eigenvalue weighted by Crippen LogP contribution is 2.30. The Kier molecular flexibility index (Phi) is 4.72. The minimum atomic E-state index is -1.49. The fourth-order valence-electron chi connectivity index (χ4n) is 1.66. The fourth-order valence-corrected chi connectivity index (χ4v) is 2.55. The summed E-state index contributed by atoms with van der Waals surface area (Å²) in [7, 11) is 0. The summed E-state index contributed by atoms with van der Waals surface area (Å²) in [6.45, 7) is 4.79. The average Bonchev–Trinajstić information content (AvgIpc) is 2.92. The molecule has 0 saturated carbocycles. The molecule has 7 heteroatoms. The van der Waals surface area contributed by atoms with Crippen LogP contribution in [0.5, 0.6) is 0 Å². The maximum Gasteiger partial charge on any atom is 0.195 e. The summed E-state index contributed by atoms with van der Waals surface area (Å²) in [4.78, 5) is 0. The van der Waals surface area contributed by atoms with Gasteiger partial charge in [0.15, 0.2) is 22.5 Å². The molecule has 0 spiro atoms. The maximum absolute atomic E-state index is 13.7. The molecule has 0 fully saturated rings. The molecule has 0 amide bonds. The molecule has 1 atom stereocenters. The molecular formula is C13H14F3N3S. The molecule has 0 radical (unpaired) electrons. The normalized spacial score (nSPS) is 12.7. The first-order chi connectivity index (χ1) is 9.54. The zero-order valence-electron chi connectivity index (χ0n) is 11.1. The van der Waals surface area contributed by atoms with Crippen LogP contribution >= 0.6 is 11.3 Å². The highest BCUT2D eigenvalue weighted by Gasteiger charge is 2.19. The Balaban J connectivity index is 2.27. The van der Waals surface area contributed by atoms with E-state index in [9.17, 15) is 13.2 Å². The van der Waals surface area contributed by atoms with Crippen molar-refractivity contribution in [3.05, 3.63) is 34.6 Å². The summed E-state index contributed by atoms with van der Waals surface area (Å²) in [6, 6.07) is 2.03. The van der Waals surface area contributed by atoms with Gasteiger partial charge in [0.05, 0.1) is 11.6 Å². The van der Waals surface area contributed by atoms with E-state index < -0.39 is 17.5 Å². The van der Waals surface area contributed by atoms with E-state index in [0.717, 1.165) is 30.4 Å². The number of hydrogen-bond acceptors (Lipinski definition) is 4. The monoisotopic (exact) mass is 301 g/mol. The van der Waals surface area contributed by atoms with Crippen LogP contribution in [-0.2, 0) is 0 Å². The number of nitrogens with one attached hydrogen (secondary N) is 1. The van der Waals surface area contributed by atoms with E-state index in [-0.39, 0.29) is 16.6 Å². The molecule has 20 heavy (non-hydrogen) atoms. The lowest BCUT2D eigenvalue weighted by atomic mass is 10.2. The number of rotatable bonds is 5. The SMILES string of the molecule is CCCNC(C)c1nnc(-c2ccc(F)c(F)c2F)s1. The summed E-state index contributed by atoms with van der Waals surface area (Å²) in [5.41, 5.74) is -0.0738. The van der Waals surface area contributed by atoms with Crippen LogP contribution in [0.25, 0.3) is 10.6 Å². The first-order valence-electron chi connectivity index (χ1n) is 6.25. The van der Waals surface area contributed by atoms with E-state index >= 15 is 0 Å². The molecular weight excluding hydrogens is 287 g/mol. The number of hydrogen-bond donors (Lipinski definition) is 1. The summed E-state index contributed by atoms with van der Waals surface area (Å²) >= 11 is 1.16. The second-order valence-corrected chi connectivity index (χ2v) is 5.35. The molecule has 0 aliphatic heterocycles. The molecule has 2 aromatic rings. The molecule has 0 saturated heterocycles. The predicted molar refractivity (Wildman–Crippen MR) is 71.9 cm³/mol. The minimum Gasteiger partial charge on any atom is -0.308 e. The number of benzene rings is 1. The average molecular weight is 301 g/mol. The number of aromatic nitrogens is 2. The van der Waals surface area contributed by atoms with Crippen LogP contribution in [0.2, 0.25) is 0 Å².